The maximum absolute atomic E-state index is 13.0. The molecule has 1 unspecified atom stereocenters. The van der Waals surface area contributed by atoms with Gasteiger partial charge in [-0.1, -0.05) is 13.8 Å². The molecule has 9 heteroatoms. The molecule has 1 heterocycles. The molecule has 1 aromatic rings. The van der Waals surface area contributed by atoms with Gasteiger partial charge in [0.15, 0.2) is 0 Å². The second kappa shape index (κ2) is 10.8. The van der Waals surface area contributed by atoms with Crippen molar-refractivity contribution in [1.82, 2.24) is 15.1 Å². The van der Waals surface area contributed by atoms with Crippen molar-refractivity contribution in [3.05, 3.63) is 29.8 Å². The van der Waals surface area contributed by atoms with Crippen LogP contribution in [0.4, 0.5) is 0 Å². The minimum Gasteiger partial charge on any atom is -0.494 e. The highest BCUT2D eigenvalue weighted by molar-refractivity contribution is 7.90. The molecule has 1 saturated heterocycles. The Morgan fingerprint density at radius 1 is 1.10 bits per heavy atom. The number of hydrogen-bond donors (Lipinski definition) is 1. The molecule has 0 aromatic heterocycles. The Bertz CT molecular complexity index is 816. The standard InChI is InChI=1S/C21H33N3O5S/c1-5-29-18-8-6-17(7-9-18)20(25)22-19(16(2)3)21(26)24-12-10-23(11-13-24)14-15-30(4,27)28/h6-9,16,19H,5,10-15H2,1-4H3,(H,22,25). The van der Waals surface area contributed by atoms with Gasteiger partial charge >= 0.3 is 0 Å². The highest BCUT2D eigenvalue weighted by atomic mass is 32.2. The summed E-state index contributed by atoms with van der Waals surface area (Å²) >= 11 is 0. The van der Waals surface area contributed by atoms with Crippen molar-refractivity contribution in [2.75, 3.05) is 51.3 Å². The Balaban J connectivity index is 1.94. The summed E-state index contributed by atoms with van der Waals surface area (Å²) in [6.07, 6.45) is 1.23. The van der Waals surface area contributed by atoms with E-state index in [0.29, 0.717) is 50.6 Å². The maximum atomic E-state index is 13.0. The number of amides is 2. The van der Waals surface area contributed by atoms with Gasteiger partial charge in [0.2, 0.25) is 5.91 Å². The average molecular weight is 440 g/mol. The molecule has 1 fully saturated rings. The maximum Gasteiger partial charge on any atom is 0.251 e. The van der Waals surface area contributed by atoms with E-state index in [1.54, 1.807) is 29.2 Å². The monoisotopic (exact) mass is 439 g/mol. The van der Waals surface area contributed by atoms with Crippen molar-refractivity contribution in [2.24, 2.45) is 5.92 Å². The first-order valence-electron chi connectivity index (χ1n) is 10.3. The van der Waals surface area contributed by atoms with Crippen molar-refractivity contribution in [1.29, 1.82) is 0 Å². The SMILES string of the molecule is CCOc1ccc(C(=O)NC(C(=O)N2CCN(CCS(C)(=O)=O)CC2)C(C)C)cc1. The highest BCUT2D eigenvalue weighted by Gasteiger charge is 2.31. The van der Waals surface area contributed by atoms with E-state index in [-0.39, 0.29) is 23.5 Å². The second-order valence-electron chi connectivity index (χ2n) is 7.95. The molecule has 8 nitrogen and oxygen atoms in total. The third kappa shape index (κ3) is 7.28. The predicted molar refractivity (Wildman–Crippen MR) is 116 cm³/mol. The molecule has 1 aromatic carbocycles. The van der Waals surface area contributed by atoms with Crippen LogP contribution < -0.4 is 10.1 Å². The number of benzene rings is 1. The van der Waals surface area contributed by atoms with Gasteiger partial charge in [0.1, 0.15) is 21.6 Å². The Kier molecular flexibility index (Phi) is 8.66. The van der Waals surface area contributed by atoms with Crippen molar-refractivity contribution in [3.63, 3.8) is 0 Å². The highest BCUT2D eigenvalue weighted by Crippen LogP contribution is 2.14. The van der Waals surface area contributed by atoms with Crippen molar-refractivity contribution in [2.45, 2.75) is 26.8 Å². The molecule has 2 rings (SSSR count). The summed E-state index contributed by atoms with van der Waals surface area (Å²) in [5, 5.41) is 2.87. The van der Waals surface area contributed by atoms with Crippen LogP contribution >= 0.6 is 0 Å². The van der Waals surface area contributed by atoms with Crippen LogP contribution in [0.1, 0.15) is 31.1 Å². The molecular formula is C21H33N3O5S. The molecule has 1 aliphatic heterocycles. The molecule has 0 saturated carbocycles. The molecular weight excluding hydrogens is 406 g/mol. The fourth-order valence-electron chi connectivity index (χ4n) is 3.29. The minimum atomic E-state index is -3.00. The van der Waals surface area contributed by atoms with E-state index in [1.165, 1.54) is 6.26 Å². The fraction of sp³-hybridized carbons (Fsp3) is 0.619. The number of ether oxygens (including phenoxy) is 1. The van der Waals surface area contributed by atoms with E-state index >= 15 is 0 Å². The van der Waals surface area contributed by atoms with Crippen LogP contribution in [0.2, 0.25) is 0 Å². The predicted octanol–water partition coefficient (Wildman–Crippen LogP) is 1.03. The van der Waals surface area contributed by atoms with Gasteiger partial charge in [-0.15, -0.1) is 0 Å². The number of carbonyl (C=O) groups excluding carboxylic acids is 2. The molecule has 1 aliphatic rings. The Labute approximate surface area is 179 Å². The van der Waals surface area contributed by atoms with E-state index in [9.17, 15) is 18.0 Å². The van der Waals surface area contributed by atoms with Crippen LogP contribution in [0.5, 0.6) is 5.75 Å². The lowest BCUT2D eigenvalue weighted by atomic mass is 10.0. The summed E-state index contributed by atoms with van der Waals surface area (Å²) in [4.78, 5) is 29.5. The minimum absolute atomic E-state index is 0.0626. The normalized spacial score (nSPS) is 16.4. The topological polar surface area (TPSA) is 96.0 Å². The first kappa shape index (κ1) is 24.1. The van der Waals surface area contributed by atoms with Gasteiger partial charge in [-0.2, -0.15) is 0 Å². The first-order valence-corrected chi connectivity index (χ1v) is 12.4. The Hall–Kier alpha value is -2.13. The van der Waals surface area contributed by atoms with Gasteiger partial charge in [0.25, 0.3) is 5.91 Å². The van der Waals surface area contributed by atoms with E-state index in [2.05, 4.69) is 5.32 Å². The van der Waals surface area contributed by atoms with E-state index in [1.807, 2.05) is 25.7 Å². The number of piperazine rings is 1. The molecule has 0 aliphatic carbocycles. The lowest BCUT2D eigenvalue weighted by molar-refractivity contribution is -0.136. The summed E-state index contributed by atoms with van der Waals surface area (Å²) in [6, 6.07) is 6.22. The zero-order valence-corrected chi connectivity index (χ0v) is 19.1. The quantitative estimate of drug-likeness (QED) is 0.617. The Morgan fingerprint density at radius 2 is 1.70 bits per heavy atom. The number of sulfone groups is 1. The van der Waals surface area contributed by atoms with Crippen molar-refractivity contribution in [3.8, 4) is 5.75 Å². The van der Waals surface area contributed by atoms with Gasteiger partial charge in [-0.3, -0.25) is 14.5 Å². The summed E-state index contributed by atoms with van der Waals surface area (Å²) in [5.74, 6) is 0.351. The van der Waals surface area contributed by atoms with Crippen molar-refractivity contribution >= 4 is 21.7 Å². The zero-order chi connectivity index (χ0) is 22.3. The van der Waals surface area contributed by atoms with Crippen molar-refractivity contribution < 1.29 is 22.7 Å². The molecule has 30 heavy (non-hydrogen) atoms. The summed E-state index contributed by atoms with van der Waals surface area (Å²) < 4.78 is 28.1. The van der Waals surface area contributed by atoms with E-state index in [0.717, 1.165) is 0 Å². The van der Waals surface area contributed by atoms with Crippen LogP contribution in [0.3, 0.4) is 0 Å². The smallest absolute Gasteiger partial charge is 0.251 e. The lowest BCUT2D eigenvalue weighted by Crippen LogP contribution is -2.56. The van der Waals surface area contributed by atoms with Gasteiger partial charge in [0, 0.05) is 44.5 Å². The Morgan fingerprint density at radius 3 is 2.20 bits per heavy atom. The number of hydrogen-bond acceptors (Lipinski definition) is 6. The lowest BCUT2D eigenvalue weighted by Gasteiger charge is -2.37. The van der Waals surface area contributed by atoms with Crippen LogP contribution in [0, 0.1) is 5.92 Å². The fourth-order valence-corrected chi connectivity index (χ4v) is 3.88. The van der Waals surface area contributed by atoms with Gasteiger partial charge in [-0.05, 0) is 37.1 Å². The van der Waals surface area contributed by atoms with Gasteiger partial charge in [-0.25, -0.2) is 8.42 Å². The van der Waals surface area contributed by atoms with Crippen LogP contribution in [-0.2, 0) is 14.6 Å². The second-order valence-corrected chi connectivity index (χ2v) is 10.2. The average Bonchev–Trinajstić information content (AvgIpc) is 2.70. The third-order valence-electron chi connectivity index (χ3n) is 5.11. The van der Waals surface area contributed by atoms with Gasteiger partial charge < -0.3 is 15.0 Å². The molecule has 0 radical (unpaired) electrons. The zero-order valence-electron chi connectivity index (χ0n) is 18.3. The van der Waals surface area contributed by atoms with Gasteiger partial charge in [0.05, 0.1) is 12.4 Å². The van der Waals surface area contributed by atoms with Crippen LogP contribution in [-0.4, -0.2) is 87.4 Å². The number of nitrogens with zero attached hydrogens (tertiary/aromatic N) is 2. The number of rotatable bonds is 9. The molecule has 0 bridgehead atoms. The van der Waals surface area contributed by atoms with E-state index < -0.39 is 15.9 Å². The number of nitrogens with one attached hydrogen (secondary N) is 1. The number of carbonyl (C=O) groups is 2. The summed E-state index contributed by atoms with van der Waals surface area (Å²) in [5.41, 5.74) is 0.475. The van der Waals surface area contributed by atoms with E-state index in [4.69, 9.17) is 4.74 Å². The summed E-state index contributed by atoms with van der Waals surface area (Å²) in [7, 11) is -3.00. The molecule has 1 atom stereocenters. The largest absolute Gasteiger partial charge is 0.494 e. The summed E-state index contributed by atoms with van der Waals surface area (Å²) in [6.45, 7) is 9.02. The molecule has 2 amide bonds. The first-order chi connectivity index (χ1) is 14.1. The molecule has 1 N–H and O–H groups in total. The van der Waals surface area contributed by atoms with Crippen LogP contribution in [0.15, 0.2) is 24.3 Å². The third-order valence-corrected chi connectivity index (χ3v) is 6.03. The molecule has 0 spiro atoms. The van der Waals surface area contributed by atoms with Crippen LogP contribution in [0.25, 0.3) is 0 Å². The molecule has 168 valence electrons.